The fourth-order valence-corrected chi connectivity index (χ4v) is 2.07. The van der Waals surface area contributed by atoms with E-state index in [1.165, 1.54) is 0 Å². The van der Waals surface area contributed by atoms with Gasteiger partial charge in [-0.15, -0.1) is 0 Å². The summed E-state index contributed by atoms with van der Waals surface area (Å²) in [5, 5.41) is 0. The van der Waals surface area contributed by atoms with Crippen LogP contribution in [0.5, 0.6) is 5.75 Å². The second kappa shape index (κ2) is 5.17. The number of aliphatic imine (C=N–C) groups is 1. The smallest absolute Gasteiger partial charge is 0.140 e. The molecule has 0 aliphatic heterocycles. The molecule has 4 heteroatoms. The molecule has 0 unspecified atom stereocenters. The lowest BCUT2D eigenvalue weighted by molar-refractivity contribution is 0.415. The summed E-state index contributed by atoms with van der Waals surface area (Å²) in [6, 6.07) is 11.7. The van der Waals surface area contributed by atoms with Gasteiger partial charge in [0.05, 0.1) is 19.0 Å². The summed E-state index contributed by atoms with van der Waals surface area (Å²) < 4.78 is 7.18. The van der Waals surface area contributed by atoms with Gasteiger partial charge in [0.25, 0.3) is 0 Å². The zero-order valence-electron chi connectivity index (χ0n) is 11.4. The van der Waals surface area contributed by atoms with Crippen molar-refractivity contribution in [1.29, 1.82) is 0 Å². The molecule has 0 N–H and O–H groups in total. The van der Waals surface area contributed by atoms with Crippen LogP contribution in [0.15, 0.2) is 53.8 Å². The number of fused-ring (bicyclic) bond motifs is 1. The summed E-state index contributed by atoms with van der Waals surface area (Å²) in [4.78, 5) is 8.98. The number of pyridine rings is 1. The number of aryl methyl sites for hydroxylation is 1. The van der Waals surface area contributed by atoms with Crippen molar-refractivity contribution in [2.45, 2.75) is 6.92 Å². The molecule has 0 spiro atoms. The van der Waals surface area contributed by atoms with E-state index in [0.29, 0.717) is 0 Å². The molecule has 3 rings (SSSR count). The predicted molar refractivity (Wildman–Crippen MR) is 80.2 cm³/mol. The van der Waals surface area contributed by atoms with Crippen LogP contribution in [0.4, 0.5) is 5.69 Å². The molecule has 2 aromatic heterocycles. The molecule has 0 aliphatic carbocycles. The first-order valence-corrected chi connectivity index (χ1v) is 6.39. The zero-order chi connectivity index (χ0) is 13.9. The van der Waals surface area contributed by atoms with Crippen molar-refractivity contribution in [2.24, 2.45) is 4.99 Å². The van der Waals surface area contributed by atoms with Gasteiger partial charge in [-0.05, 0) is 30.7 Å². The first kappa shape index (κ1) is 12.4. The first-order valence-electron chi connectivity index (χ1n) is 6.39. The minimum absolute atomic E-state index is 0.797. The SMILES string of the molecule is COc1cccc(N=Cc2cn3cccc(C)c3n2)c1. The minimum atomic E-state index is 0.797. The number of methoxy groups -OCH3 is 1. The number of hydrogen-bond acceptors (Lipinski definition) is 3. The summed E-state index contributed by atoms with van der Waals surface area (Å²) >= 11 is 0. The lowest BCUT2D eigenvalue weighted by atomic mass is 10.3. The highest BCUT2D eigenvalue weighted by molar-refractivity contribution is 5.81. The maximum absolute atomic E-state index is 5.18. The molecule has 0 radical (unpaired) electrons. The third-order valence-corrected chi connectivity index (χ3v) is 3.10. The second-order valence-corrected chi connectivity index (χ2v) is 4.55. The van der Waals surface area contributed by atoms with Crippen LogP contribution < -0.4 is 4.74 Å². The van der Waals surface area contributed by atoms with Gasteiger partial charge in [0, 0.05) is 18.5 Å². The number of hydrogen-bond donors (Lipinski definition) is 0. The van der Waals surface area contributed by atoms with Crippen LogP contribution in [0.3, 0.4) is 0 Å². The second-order valence-electron chi connectivity index (χ2n) is 4.55. The average Bonchev–Trinajstić information content (AvgIpc) is 2.90. The Morgan fingerprint density at radius 3 is 2.95 bits per heavy atom. The van der Waals surface area contributed by atoms with Gasteiger partial charge < -0.3 is 9.14 Å². The number of nitrogens with zero attached hydrogens (tertiary/aromatic N) is 3. The first-order chi connectivity index (χ1) is 9.76. The molecule has 0 saturated carbocycles. The molecule has 2 heterocycles. The summed E-state index contributed by atoms with van der Waals surface area (Å²) in [5.74, 6) is 0.797. The Balaban J connectivity index is 1.92. The fraction of sp³-hybridized carbons (Fsp3) is 0.125. The molecule has 0 bridgehead atoms. The molecule has 0 atom stereocenters. The number of rotatable bonds is 3. The van der Waals surface area contributed by atoms with E-state index in [-0.39, 0.29) is 0 Å². The maximum Gasteiger partial charge on any atom is 0.140 e. The van der Waals surface area contributed by atoms with E-state index in [9.17, 15) is 0 Å². The molecule has 3 aromatic rings. The number of benzene rings is 1. The van der Waals surface area contributed by atoms with Crippen LogP contribution in [0.2, 0.25) is 0 Å². The zero-order valence-corrected chi connectivity index (χ0v) is 11.4. The molecular weight excluding hydrogens is 250 g/mol. The van der Waals surface area contributed by atoms with Gasteiger partial charge in [0.2, 0.25) is 0 Å². The third kappa shape index (κ3) is 2.40. The Hall–Kier alpha value is -2.62. The number of aromatic nitrogens is 2. The normalized spacial score (nSPS) is 11.3. The van der Waals surface area contributed by atoms with Crippen LogP contribution >= 0.6 is 0 Å². The third-order valence-electron chi connectivity index (χ3n) is 3.10. The molecule has 0 saturated heterocycles. The van der Waals surface area contributed by atoms with Crippen molar-refractivity contribution in [2.75, 3.05) is 7.11 Å². The van der Waals surface area contributed by atoms with Gasteiger partial charge in [-0.1, -0.05) is 12.1 Å². The molecule has 100 valence electrons. The standard InChI is InChI=1S/C16H15N3O/c1-12-5-4-8-19-11-14(18-16(12)19)10-17-13-6-3-7-15(9-13)20-2/h3-11H,1-2H3. The predicted octanol–water partition coefficient (Wildman–Crippen LogP) is 3.40. The molecule has 0 amide bonds. The van der Waals surface area contributed by atoms with Crippen LogP contribution in [0, 0.1) is 6.92 Å². The van der Waals surface area contributed by atoms with Crippen LogP contribution in [0.25, 0.3) is 5.65 Å². The fourth-order valence-electron chi connectivity index (χ4n) is 2.07. The van der Waals surface area contributed by atoms with Gasteiger partial charge in [-0.3, -0.25) is 4.99 Å². The van der Waals surface area contributed by atoms with Crippen molar-refractivity contribution in [1.82, 2.24) is 9.38 Å². The Kier molecular flexibility index (Phi) is 3.21. The summed E-state index contributed by atoms with van der Waals surface area (Å²) in [7, 11) is 1.65. The van der Waals surface area contributed by atoms with E-state index >= 15 is 0 Å². The molecule has 0 aliphatic rings. The quantitative estimate of drug-likeness (QED) is 0.681. The summed E-state index contributed by atoms with van der Waals surface area (Å²) in [6.45, 7) is 2.05. The highest BCUT2D eigenvalue weighted by atomic mass is 16.5. The molecule has 20 heavy (non-hydrogen) atoms. The van der Waals surface area contributed by atoms with E-state index in [0.717, 1.165) is 28.3 Å². The monoisotopic (exact) mass is 265 g/mol. The molecule has 1 aromatic carbocycles. The number of ether oxygens (including phenoxy) is 1. The van der Waals surface area contributed by atoms with E-state index in [2.05, 4.69) is 9.98 Å². The molecular formula is C16H15N3O. The topological polar surface area (TPSA) is 38.9 Å². The van der Waals surface area contributed by atoms with Crippen molar-refractivity contribution in [3.05, 3.63) is 60.0 Å². The van der Waals surface area contributed by atoms with Crippen molar-refractivity contribution >= 4 is 17.5 Å². The Labute approximate surface area is 117 Å². The highest BCUT2D eigenvalue weighted by Crippen LogP contribution is 2.19. The van der Waals surface area contributed by atoms with E-state index in [1.54, 1.807) is 13.3 Å². The largest absolute Gasteiger partial charge is 0.497 e. The lowest BCUT2D eigenvalue weighted by Gasteiger charge is -1.98. The van der Waals surface area contributed by atoms with Gasteiger partial charge in [-0.2, -0.15) is 0 Å². The summed E-state index contributed by atoms with van der Waals surface area (Å²) in [5.41, 5.74) is 3.79. The summed E-state index contributed by atoms with van der Waals surface area (Å²) in [6.07, 6.45) is 5.71. The Bertz CT molecular complexity index is 774. The van der Waals surface area contributed by atoms with Gasteiger partial charge in [0.1, 0.15) is 17.1 Å². The number of imidazole rings is 1. The van der Waals surface area contributed by atoms with Crippen molar-refractivity contribution < 1.29 is 4.74 Å². The maximum atomic E-state index is 5.18. The molecule has 4 nitrogen and oxygen atoms in total. The van der Waals surface area contributed by atoms with Gasteiger partial charge in [-0.25, -0.2) is 4.98 Å². The molecule has 0 fully saturated rings. The Morgan fingerprint density at radius 2 is 2.15 bits per heavy atom. The highest BCUT2D eigenvalue weighted by Gasteiger charge is 2.01. The van der Waals surface area contributed by atoms with Crippen molar-refractivity contribution in [3.8, 4) is 5.75 Å². The van der Waals surface area contributed by atoms with E-state index < -0.39 is 0 Å². The van der Waals surface area contributed by atoms with Gasteiger partial charge in [0.15, 0.2) is 0 Å². The van der Waals surface area contributed by atoms with Crippen LogP contribution in [0.1, 0.15) is 11.3 Å². The van der Waals surface area contributed by atoms with E-state index in [1.807, 2.05) is 60.1 Å². The van der Waals surface area contributed by atoms with Crippen molar-refractivity contribution in [3.63, 3.8) is 0 Å². The van der Waals surface area contributed by atoms with Crippen LogP contribution in [-0.4, -0.2) is 22.7 Å². The van der Waals surface area contributed by atoms with Gasteiger partial charge >= 0.3 is 0 Å². The van der Waals surface area contributed by atoms with Crippen LogP contribution in [-0.2, 0) is 0 Å². The lowest BCUT2D eigenvalue weighted by Crippen LogP contribution is -1.84. The van der Waals surface area contributed by atoms with E-state index in [4.69, 9.17) is 4.74 Å². The Morgan fingerprint density at radius 1 is 1.25 bits per heavy atom. The minimum Gasteiger partial charge on any atom is -0.497 e. The average molecular weight is 265 g/mol.